The summed E-state index contributed by atoms with van der Waals surface area (Å²) in [6.45, 7) is 1.96. The highest BCUT2D eigenvalue weighted by atomic mass is 32.2. The summed E-state index contributed by atoms with van der Waals surface area (Å²) >= 11 is 2.51. The van der Waals surface area contributed by atoms with Gasteiger partial charge in [0.2, 0.25) is 5.91 Å². The molecule has 2 heterocycles. The number of hydrogen-bond donors (Lipinski definition) is 2. The lowest BCUT2D eigenvalue weighted by Crippen LogP contribution is -2.24. The van der Waals surface area contributed by atoms with Gasteiger partial charge in [-0.1, -0.05) is 11.8 Å². The lowest BCUT2D eigenvalue weighted by Gasteiger charge is -2.12. The van der Waals surface area contributed by atoms with E-state index in [9.17, 15) is 24.5 Å². The normalized spacial score (nSPS) is 12.2. The van der Waals surface area contributed by atoms with Crippen LogP contribution in [0.3, 0.4) is 0 Å². The van der Waals surface area contributed by atoms with E-state index in [1.54, 1.807) is 47.9 Å². The van der Waals surface area contributed by atoms with Crippen molar-refractivity contribution in [1.82, 2.24) is 20.1 Å². The maximum absolute atomic E-state index is 13.1. The second-order valence-electron chi connectivity index (χ2n) is 9.89. The van der Waals surface area contributed by atoms with Crippen molar-refractivity contribution in [3.8, 4) is 11.4 Å². The Balaban J connectivity index is 1.34. The van der Waals surface area contributed by atoms with E-state index < -0.39 is 10.9 Å². The Morgan fingerprint density at radius 1 is 1.07 bits per heavy atom. The van der Waals surface area contributed by atoms with Crippen molar-refractivity contribution in [2.45, 2.75) is 44.3 Å². The number of hydrogen-bond acceptors (Lipinski definition) is 11. The molecular weight excluding hydrogens is 620 g/mol. The molecule has 0 atom stereocenters. The molecule has 2 N–H and O–H groups in total. The number of anilines is 1. The number of benzene rings is 2. The first kappa shape index (κ1) is 31.7. The Bertz CT molecular complexity index is 1720. The van der Waals surface area contributed by atoms with Gasteiger partial charge in [-0.2, -0.15) is 0 Å². The molecular formula is C30H30N6O7S2. The molecule has 0 saturated carbocycles. The fourth-order valence-corrected chi connectivity index (χ4v) is 6.93. The average molecular weight is 651 g/mol. The van der Waals surface area contributed by atoms with Crippen LogP contribution in [0.5, 0.6) is 5.75 Å². The van der Waals surface area contributed by atoms with Crippen molar-refractivity contribution in [2.75, 3.05) is 24.8 Å². The second kappa shape index (κ2) is 14.3. The van der Waals surface area contributed by atoms with Crippen LogP contribution < -0.4 is 15.4 Å². The van der Waals surface area contributed by atoms with Gasteiger partial charge in [-0.05, 0) is 74.6 Å². The summed E-state index contributed by atoms with van der Waals surface area (Å²) in [4.78, 5) is 50.5. The standard InChI is InChI=1S/C30H30N6O7S2/c1-3-43-29(39)26-22-6-4-5-7-23(22)45-28(26)32-25(37)17-44-30-34-33-24(35(30)19-10-12-20(13-11-19)36(40)41)16-31-27(38)18-8-14-21(42-2)15-9-18/h8-15H,3-7,16-17H2,1-2H3,(H,31,38)(H,32,37). The Hall–Kier alpha value is -4.76. The molecule has 13 nitrogen and oxygen atoms in total. The summed E-state index contributed by atoms with van der Waals surface area (Å²) in [5.74, 6) is -0.236. The zero-order valence-corrected chi connectivity index (χ0v) is 26.2. The lowest BCUT2D eigenvalue weighted by molar-refractivity contribution is -0.384. The summed E-state index contributed by atoms with van der Waals surface area (Å²) in [7, 11) is 1.54. The minimum Gasteiger partial charge on any atom is -0.497 e. The quantitative estimate of drug-likeness (QED) is 0.0925. The first-order valence-corrected chi connectivity index (χ1v) is 15.9. The number of thiophene rings is 1. The monoisotopic (exact) mass is 650 g/mol. The van der Waals surface area contributed by atoms with Crippen LogP contribution >= 0.6 is 23.1 Å². The molecule has 2 aromatic heterocycles. The Labute approximate surface area is 266 Å². The molecule has 45 heavy (non-hydrogen) atoms. The highest BCUT2D eigenvalue weighted by Crippen LogP contribution is 2.39. The highest BCUT2D eigenvalue weighted by molar-refractivity contribution is 7.99. The Morgan fingerprint density at radius 2 is 1.80 bits per heavy atom. The van der Waals surface area contributed by atoms with Crippen molar-refractivity contribution in [3.63, 3.8) is 0 Å². The summed E-state index contributed by atoms with van der Waals surface area (Å²) in [5, 5.41) is 26.2. The van der Waals surface area contributed by atoms with Gasteiger partial charge in [-0.3, -0.25) is 24.3 Å². The number of aryl methyl sites for hydroxylation is 1. The fraction of sp³-hybridized carbons (Fsp3) is 0.300. The molecule has 15 heteroatoms. The number of amides is 2. The molecule has 1 aliphatic carbocycles. The molecule has 234 valence electrons. The van der Waals surface area contributed by atoms with E-state index >= 15 is 0 Å². The van der Waals surface area contributed by atoms with Crippen molar-refractivity contribution in [2.24, 2.45) is 0 Å². The summed E-state index contributed by atoms with van der Waals surface area (Å²) < 4.78 is 12.1. The molecule has 5 rings (SSSR count). The van der Waals surface area contributed by atoms with Gasteiger partial charge in [0.25, 0.3) is 11.6 Å². The largest absolute Gasteiger partial charge is 0.497 e. The maximum Gasteiger partial charge on any atom is 0.341 e. The van der Waals surface area contributed by atoms with Crippen LogP contribution in [0.15, 0.2) is 53.7 Å². The van der Waals surface area contributed by atoms with Crippen LogP contribution in [0.25, 0.3) is 5.69 Å². The van der Waals surface area contributed by atoms with Crippen LogP contribution in [0.2, 0.25) is 0 Å². The highest BCUT2D eigenvalue weighted by Gasteiger charge is 2.27. The van der Waals surface area contributed by atoms with Crippen LogP contribution in [-0.2, 0) is 28.9 Å². The number of ether oxygens (including phenoxy) is 2. The number of nitro benzene ring substituents is 1. The van der Waals surface area contributed by atoms with Crippen molar-refractivity contribution in [3.05, 3.63) is 86.0 Å². The van der Waals surface area contributed by atoms with Gasteiger partial charge in [0.1, 0.15) is 10.8 Å². The van der Waals surface area contributed by atoms with Crippen LogP contribution in [0, 0.1) is 10.1 Å². The minimum absolute atomic E-state index is 0.00867. The van der Waals surface area contributed by atoms with Crippen LogP contribution in [0.1, 0.15) is 56.7 Å². The van der Waals surface area contributed by atoms with Crippen molar-refractivity contribution in [1.29, 1.82) is 0 Å². The number of non-ortho nitro benzene ring substituents is 1. The van der Waals surface area contributed by atoms with Gasteiger partial charge in [-0.25, -0.2) is 4.79 Å². The topological polar surface area (TPSA) is 168 Å². The molecule has 0 spiro atoms. The number of fused-ring (bicyclic) bond motifs is 1. The zero-order valence-electron chi connectivity index (χ0n) is 24.5. The molecule has 0 unspecified atom stereocenters. The third-order valence-corrected chi connectivity index (χ3v) is 9.15. The summed E-state index contributed by atoms with van der Waals surface area (Å²) in [6, 6.07) is 12.4. The van der Waals surface area contributed by atoms with E-state index in [0.717, 1.165) is 47.9 Å². The van der Waals surface area contributed by atoms with E-state index in [-0.39, 0.29) is 36.4 Å². The number of thioether (sulfide) groups is 1. The smallest absolute Gasteiger partial charge is 0.341 e. The van der Waals surface area contributed by atoms with E-state index in [0.29, 0.717) is 38.5 Å². The van der Waals surface area contributed by atoms with Gasteiger partial charge >= 0.3 is 5.97 Å². The lowest BCUT2D eigenvalue weighted by atomic mass is 9.95. The van der Waals surface area contributed by atoms with E-state index in [4.69, 9.17) is 9.47 Å². The number of esters is 1. The number of nitrogens with one attached hydrogen (secondary N) is 2. The number of nitro groups is 1. The predicted octanol–water partition coefficient (Wildman–Crippen LogP) is 4.96. The number of methoxy groups -OCH3 is 1. The van der Waals surface area contributed by atoms with Crippen LogP contribution in [-0.4, -0.2) is 56.9 Å². The Kier molecular flexibility index (Phi) is 10.1. The second-order valence-corrected chi connectivity index (χ2v) is 11.9. The molecule has 0 bridgehead atoms. The summed E-state index contributed by atoms with van der Waals surface area (Å²) in [5.41, 5.74) is 2.22. The fourth-order valence-electron chi connectivity index (χ4n) is 4.86. The molecule has 4 aromatic rings. The number of rotatable bonds is 12. The molecule has 2 amide bonds. The third kappa shape index (κ3) is 7.32. The first-order valence-electron chi connectivity index (χ1n) is 14.1. The molecule has 0 aliphatic heterocycles. The van der Waals surface area contributed by atoms with E-state index in [2.05, 4.69) is 20.8 Å². The SMILES string of the molecule is CCOC(=O)c1c(NC(=O)CSc2nnc(CNC(=O)c3ccc(OC)cc3)n2-c2ccc([N+](=O)[O-])cc2)sc2c1CCCC2. The molecule has 1 aliphatic rings. The molecule has 0 radical (unpaired) electrons. The number of nitrogens with zero attached hydrogens (tertiary/aromatic N) is 4. The first-order chi connectivity index (χ1) is 21.8. The maximum atomic E-state index is 13.1. The van der Waals surface area contributed by atoms with Crippen molar-refractivity contribution < 1.29 is 28.8 Å². The van der Waals surface area contributed by atoms with Crippen LogP contribution in [0.4, 0.5) is 10.7 Å². The Morgan fingerprint density at radius 3 is 2.49 bits per heavy atom. The number of aromatic nitrogens is 3. The third-order valence-electron chi connectivity index (χ3n) is 7.01. The zero-order chi connectivity index (χ0) is 31.9. The molecule has 0 saturated heterocycles. The van der Waals surface area contributed by atoms with Gasteiger partial charge < -0.3 is 20.1 Å². The van der Waals surface area contributed by atoms with Gasteiger partial charge in [0.15, 0.2) is 11.0 Å². The van der Waals surface area contributed by atoms with E-state index in [1.807, 2.05) is 0 Å². The minimum atomic E-state index is -0.501. The average Bonchev–Trinajstić information content (AvgIpc) is 3.63. The molecule has 2 aromatic carbocycles. The van der Waals surface area contributed by atoms with Gasteiger partial charge in [-0.15, -0.1) is 21.5 Å². The van der Waals surface area contributed by atoms with Crippen molar-refractivity contribution >= 4 is 51.6 Å². The van der Waals surface area contributed by atoms with Gasteiger partial charge in [0.05, 0.1) is 36.5 Å². The summed E-state index contributed by atoms with van der Waals surface area (Å²) in [6.07, 6.45) is 3.62. The predicted molar refractivity (Wildman–Crippen MR) is 168 cm³/mol. The van der Waals surface area contributed by atoms with E-state index in [1.165, 1.54) is 30.6 Å². The molecule has 0 fully saturated rings. The number of carbonyl (C=O) groups is 3. The number of carbonyl (C=O) groups excluding carboxylic acids is 3. The van der Waals surface area contributed by atoms with Gasteiger partial charge in [0, 0.05) is 28.3 Å².